The molecule has 0 saturated heterocycles. The summed E-state index contributed by atoms with van der Waals surface area (Å²) in [7, 11) is 0. The first-order chi connectivity index (χ1) is 16.0. The number of hydrogen-bond acceptors (Lipinski definition) is 5. The average molecular weight is 469 g/mol. The number of benzene rings is 2. The van der Waals surface area contributed by atoms with Crippen LogP contribution in [0.3, 0.4) is 0 Å². The largest absolute Gasteiger partial charge is 0.480 e. The number of amides is 2. The number of aliphatic carboxylic acids is 1. The molecule has 2 aromatic rings. The van der Waals surface area contributed by atoms with E-state index < -0.39 is 18.1 Å². The maximum atomic E-state index is 13.1. The zero-order valence-corrected chi connectivity index (χ0v) is 19.3. The van der Waals surface area contributed by atoms with E-state index in [1.165, 1.54) is 4.90 Å². The molecule has 2 amide bonds. The number of carbonyl (C=O) groups excluding carboxylic acids is 2. The lowest BCUT2D eigenvalue weighted by molar-refractivity contribution is -0.145. The standard InChI is InChI=1S/C25H28N2O5S/c1-33-13-12-22(24(30)27(14-23(28)29)16-10-11-16)26-25(31)32-15-21-19-8-4-2-6-17(19)18-7-3-5-9-20(18)21/h2-9,16,21-22H,10-15H2,1H3,(H,26,31)(H,28,29)/t22-/m0/s1. The van der Waals surface area contributed by atoms with Crippen LogP contribution in [0.25, 0.3) is 11.1 Å². The molecule has 2 aromatic carbocycles. The summed E-state index contributed by atoms with van der Waals surface area (Å²) in [5.41, 5.74) is 4.51. The van der Waals surface area contributed by atoms with Crippen LogP contribution in [0.5, 0.6) is 0 Å². The molecule has 2 aliphatic carbocycles. The van der Waals surface area contributed by atoms with Crippen LogP contribution in [-0.4, -0.2) is 65.2 Å². The first-order valence-electron chi connectivity index (χ1n) is 11.1. The summed E-state index contributed by atoms with van der Waals surface area (Å²) in [5.74, 6) is -0.827. The zero-order chi connectivity index (χ0) is 23.4. The van der Waals surface area contributed by atoms with Crippen molar-refractivity contribution in [2.45, 2.75) is 37.3 Å². The Bertz CT molecular complexity index is 993. The number of rotatable bonds is 10. The molecule has 0 unspecified atom stereocenters. The van der Waals surface area contributed by atoms with Gasteiger partial charge in [-0.1, -0.05) is 48.5 Å². The van der Waals surface area contributed by atoms with E-state index in [4.69, 9.17) is 4.74 Å². The Morgan fingerprint density at radius 2 is 1.70 bits per heavy atom. The molecule has 0 aliphatic heterocycles. The molecule has 174 valence electrons. The number of alkyl carbamates (subject to hydrolysis) is 1. The second kappa shape index (κ2) is 10.3. The second-order valence-corrected chi connectivity index (χ2v) is 9.38. The molecule has 1 fully saturated rings. The minimum atomic E-state index is -1.06. The topological polar surface area (TPSA) is 95.9 Å². The van der Waals surface area contributed by atoms with Gasteiger partial charge in [0.15, 0.2) is 0 Å². The monoisotopic (exact) mass is 468 g/mol. The highest BCUT2D eigenvalue weighted by Crippen LogP contribution is 2.44. The van der Waals surface area contributed by atoms with E-state index in [0.717, 1.165) is 35.1 Å². The van der Waals surface area contributed by atoms with Crippen molar-refractivity contribution in [3.8, 4) is 11.1 Å². The van der Waals surface area contributed by atoms with E-state index in [1.807, 2.05) is 42.7 Å². The summed E-state index contributed by atoms with van der Waals surface area (Å²) in [6, 6.07) is 15.3. The van der Waals surface area contributed by atoms with Crippen LogP contribution in [0.4, 0.5) is 4.79 Å². The normalized spacial score (nSPS) is 15.3. The van der Waals surface area contributed by atoms with Crippen molar-refractivity contribution < 1.29 is 24.2 Å². The lowest BCUT2D eigenvalue weighted by atomic mass is 9.98. The molecule has 8 heteroatoms. The number of carbonyl (C=O) groups is 3. The van der Waals surface area contributed by atoms with Gasteiger partial charge in [0.2, 0.25) is 5.91 Å². The van der Waals surface area contributed by atoms with Crippen molar-refractivity contribution in [3.05, 3.63) is 59.7 Å². The fourth-order valence-electron chi connectivity index (χ4n) is 4.39. The predicted molar refractivity (Wildman–Crippen MR) is 127 cm³/mol. The Balaban J connectivity index is 1.43. The van der Waals surface area contributed by atoms with Crippen molar-refractivity contribution in [3.63, 3.8) is 0 Å². The lowest BCUT2D eigenvalue weighted by Crippen LogP contribution is -2.51. The highest BCUT2D eigenvalue weighted by atomic mass is 32.2. The van der Waals surface area contributed by atoms with Crippen LogP contribution in [0.15, 0.2) is 48.5 Å². The first kappa shape index (κ1) is 23.2. The molecule has 0 bridgehead atoms. The molecule has 4 rings (SSSR count). The number of thioether (sulfide) groups is 1. The van der Waals surface area contributed by atoms with Crippen molar-refractivity contribution in [2.75, 3.05) is 25.2 Å². The van der Waals surface area contributed by atoms with Crippen LogP contribution in [0.1, 0.15) is 36.3 Å². The number of hydrogen-bond donors (Lipinski definition) is 2. The van der Waals surface area contributed by atoms with Crippen molar-refractivity contribution in [2.24, 2.45) is 0 Å². The molecule has 2 aliphatic rings. The summed E-state index contributed by atoms with van der Waals surface area (Å²) in [6.45, 7) is -0.198. The van der Waals surface area contributed by atoms with Gasteiger partial charge in [0.1, 0.15) is 19.2 Å². The van der Waals surface area contributed by atoms with Gasteiger partial charge in [0.25, 0.3) is 0 Å². The van der Waals surface area contributed by atoms with Crippen LogP contribution in [0, 0.1) is 0 Å². The molecule has 1 atom stereocenters. The van der Waals surface area contributed by atoms with Gasteiger partial charge in [-0.15, -0.1) is 0 Å². The number of nitrogens with zero attached hydrogens (tertiary/aromatic N) is 1. The number of fused-ring (bicyclic) bond motifs is 3. The molecule has 33 heavy (non-hydrogen) atoms. The van der Waals surface area contributed by atoms with E-state index in [1.54, 1.807) is 11.8 Å². The van der Waals surface area contributed by atoms with Gasteiger partial charge in [-0.3, -0.25) is 9.59 Å². The Kier molecular flexibility index (Phi) is 7.23. The van der Waals surface area contributed by atoms with Gasteiger partial charge >= 0.3 is 12.1 Å². The summed E-state index contributed by atoms with van der Waals surface area (Å²) >= 11 is 1.56. The minimum absolute atomic E-state index is 0.0605. The average Bonchev–Trinajstić information content (AvgIpc) is 3.61. The predicted octanol–water partition coefficient (Wildman–Crippen LogP) is 3.72. The maximum Gasteiger partial charge on any atom is 0.407 e. The van der Waals surface area contributed by atoms with Crippen molar-refractivity contribution >= 4 is 29.7 Å². The molecule has 0 spiro atoms. The van der Waals surface area contributed by atoms with Crippen molar-refractivity contribution in [1.82, 2.24) is 10.2 Å². The third-order valence-electron chi connectivity index (χ3n) is 6.12. The van der Waals surface area contributed by atoms with Gasteiger partial charge in [0, 0.05) is 12.0 Å². The van der Waals surface area contributed by atoms with E-state index in [9.17, 15) is 19.5 Å². The highest BCUT2D eigenvalue weighted by Gasteiger charge is 2.37. The number of carboxylic acids is 1. The highest BCUT2D eigenvalue weighted by molar-refractivity contribution is 7.98. The van der Waals surface area contributed by atoms with E-state index in [0.29, 0.717) is 12.2 Å². The molecule has 0 aromatic heterocycles. The Morgan fingerprint density at radius 3 is 2.24 bits per heavy atom. The lowest BCUT2D eigenvalue weighted by Gasteiger charge is -2.26. The Hall–Kier alpha value is -3.00. The molecule has 7 nitrogen and oxygen atoms in total. The number of carboxylic acid groups (broad SMARTS) is 1. The van der Waals surface area contributed by atoms with Crippen LogP contribution < -0.4 is 5.32 Å². The third kappa shape index (κ3) is 5.33. The van der Waals surface area contributed by atoms with E-state index in [2.05, 4.69) is 17.4 Å². The van der Waals surface area contributed by atoms with E-state index >= 15 is 0 Å². The van der Waals surface area contributed by atoms with Gasteiger partial charge in [-0.2, -0.15) is 11.8 Å². The van der Waals surface area contributed by atoms with Gasteiger partial charge < -0.3 is 20.1 Å². The van der Waals surface area contributed by atoms with Crippen molar-refractivity contribution in [1.29, 1.82) is 0 Å². The smallest absolute Gasteiger partial charge is 0.407 e. The minimum Gasteiger partial charge on any atom is -0.480 e. The van der Waals surface area contributed by atoms with Crippen LogP contribution >= 0.6 is 11.8 Å². The SMILES string of the molecule is CSCC[C@H](NC(=O)OCC1c2ccccc2-c2ccccc21)C(=O)N(CC(=O)O)C1CC1. The quantitative estimate of drug-likeness (QED) is 0.552. The summed E-state index contributed by atoms with van der Waals surface area (Å²) < 4.78 is 5.59. The third-order valence-corrected chi connectivity index (χ3v) is 6.76. The second-order valence-electron chi connectivity index (χ2n) is 8.39. The molecular weight excluding hydrogens is 440 g/mol. The Labute approximate surface area is 197 Å². The molecular formula is C25H28N2O5S. The summed E-state index contributed by atoms with van der Waals surface area (Å²) in [4.78, 5) is 38.4. The summed E-state index contributed by atoms with van der Waals surface area (Å²) in [6.07, 6.45) is 3.25. The molecule has 0 heterocycles. The van der Waals surface area contributed by atoms with Crippen LogP contribution in [-0.2, 0) is 14.3 Å². The van der Waals surface area contributed by atoms with E-state index in [-0.39, 0.29) is 31.0 Å². The summed E-state index contributed by atoms with van der Waals surface area (Å²) in [5, 5.41) is 11.9. The fourth-order valence-corrected chi connectivity index (χ4v) is 4.87. The van der Waals surface area contributed by atoms with Crippen LogP contribution in [0.2, 0.25) is 0 Å². The molecule has 1 saturated carbocycles. The maximum absolute atomic E-state index is 13.1. The Morgan fingerprint density at radius 1 is 1.09 bits per heavy atom. The zero-order valence-electron chi connectivity index (χ0n) is 18.5. The van der Waals surface area contributed by atoms with Gasteiger partial charge in [-0.25, -0.2) is 4.79 Å². The number of nitrogens with one attached hydrogen (secondary N) is 1. The molecule has 2 N–H and O–H groups in total. The fraction of sp³-hybridized carbons (Fsp3) is 0.400. The van der Waals surface area contributed by atoms with Gasteiger partial charge in [-0.05, 0) is 53.5 Å². The van der Waals surface area contributed by atoms with Gasteiger partial charge in [0.05, 0.1) is 0 Å². The number of ether oxygens (including phenoxy) is 1. The first-order valence-corrected chi connectivity index (χ1v) is 12.5. The molecule has 0 radical (unpaired) electrons.